The fourth-order valence-electron chi connectivity index (χ4n) is 4.08. The third-order valence-corrected chi connectivity index (χ3v) is 5.98. The average Bonchev–Trinajstić information content (AvgIpc) is 3.43. The van der Waals surface area contributed by atoms with Gasteiger partial charge in [-0.2, -0.15) is 0 Å². The zero-order chi connectivity index (χ0) is 26.2. The van der Waals surface area contributed by atoms with E-state index in [0.29, 0.717) is 29.1 Å². The number of nitrogens with one attached hydrogen (secondary N) is 1. The standard InChI is InChI=1S/C29H29F2N3O3/c1-2-19-5-3-6-20(11-19)17-33-18-27(26(32)14-21-12-24(30)16-25(31)13-21)37-29(35)23-8-4-7-22(15-23)28-34-9-10-36-28/h3-13,15-16,26-27,33H,2,14,17-18,32H2,1H3. The zero-order valence-corrected chi connectivity index (χ0v) is 20.5. The van der Waals surface area contributed by atoms with Crippen molar-refractivity contribution in [3.63, 3.8) is 0 Å². The van der Waals surface area contributed by atoms with Gasteiger partial charge >= 0.3 is 5.97 Å². The van der Waals surface area contributed by atoms with Gasteiger partial charge in [0.05, 0.1) is 11.8 Å². The minimum Gasteiger partial charge on any atom is -0.456 e. The third-order valence-electron chi connectivity index (χ3n) is 5.98. The lowest BCUT2D eigenvalue weighted by Gasteiger charge is -2.25. The number of carbonyl (C=O) groups excluding carboxylic acids is 1. The lowest BCUT2D eigenvalue weighted by molar-refractivity contribution is 0.0238. The van der Waals surface area contributed by atoms with Crippen molar-refractivity contribution in [2.24, 2.45) is 5.73 Å². The van der Waals surface area contributed by atoms with Crippen LogP contribution in [-0.2, 0) is 24.1 Å². The quantitative estimate of drug-likeness (QED) is 0.277. The van der Waals surface area contributed by atoms with Crippen LogP contribution in [0.15, 0.2) is 83.6 Å². The Hall–Kier alpha value is -3.88. The number of oxazole rings is 1. The van der Waals surface area contributed by atoms with Crippen LogP contribution in [0, 0.1) is 11.6 Å². The summed E-state index contributed by atoms with van der Waals surface area (Å²) in [5.41, 5.74) is 10.0. The number of halogens is 2. The number of rotatable bonds is 11. The Kier molecular flexibility index (Phi) is 8.77. The van der Waals surface area contributed by atoms with Gasteiger partial charge in [-0.05, 0) is 59.9 Å². The molecule has 1 heterocycles. The van der Waals surface area contributed by atoms with Gasteiger partial charge in [0.2, 0.25) is 5.89 Å². The molecule has 0 fully saturated rings. The third kappa shape index (κ3) is 7.31. The summed E-state index contributed by atoms with van der Waals surface area (Å²) >= 11 is 0. The summed E-state index contributed by atoms with van der Waals surface area (Å²) < 4.78 is 38.6. The highest BCUT2D eigenvalue weighted by molar-refractivity contribution is 5.90. The topological polar surface area (TPSA) is 90.4 Å². The molecule has 0 bridgehead atoms. The first-order valence-electron chi connectivity index (χ1n) is 12.1. The number of benzene rings is 3. The lowest BCUT2D eigenvalue weighted by Crippen LogP contribution is -2.46. The van der Waals surface area contributed by atoms with Crippen molar-refractivity contribution in [3.8, 4) is 11.5 Å². The SMILES string of the molecule is CCc1cccc(CNCC(OC(=O)c2cccc(-c3ncco3)c2)C(N)Cc2cc(F)cc(F)c2)c1. The Morgan fingerprint density at radius 2 is 1.78 bits per heavy atom. The summed E-state index contributed by atoms with van der Waals surface area (Å²) in [5, 5.41) is 3.30. The average molecular weight is 506 g/mol. The maximum Gasteiger partial charge on any atom is 0.338 e. The Morgan fingerprint density at radius 3 is 2.51 bits per heavy atom. The second kappa shape index (κ2) is 12.4. The second-order valence-electron chi connectivity index (χ2n) is 8.81. The van der Waals surface area contributed by atoms with Crippen LogP contribution in [0.1, 0.15) is 34.0 Å². The molecule has 3 N–H and O–H groups in total. The molecule has 3 aromatic carbocycles. The van der Waals surface area contributed by atoms with Crippen molar-refractivity contribution in [3.05, 3.63) is 113 Å². The summed E-state index contributed by atoms with van der Waals surface area (Å²) in [7, 11) is 0. The largest absolute Gasteiger partial charge is 0.456 e. The smallest absolute Gasteiger partial charge is 0.338 e. The van der Waals surface area contributed by atoms with E-state index in [1.807, 2.05) is 12.1 Å². The Morgan fingerprint density at radius 1 is 1.03 bits per heavy atom. The predicted octanol–water partition coefficient (Wildman–Crippen LogP) is 5.07. The molecule has 8 heteroatoms. The van der Waals surface area contributed by atoms with Crippen molar-refractivity contribution in [2.45, 2.75) is 38.5 Å². The van der Waals surface area contributed by atoms with E-state index in [0.717, 1.165) is 18.1 Å². The van der Waals surface area contributed by atoms with E-state index in [1.54, 1.807) is 24.3 Å². The molecule has 0 aliphatic rings. The van der Waals surface area contributed by atoms with Crippen LogP contribution < -0.4 is 11.1 Å². The number of aryl methyl sites for hydroxylation is 1. The molecule has 0 spiro atoms. The first-order chi connectivity index (χ1) is 17.9. The van der Waals surface area contributed by atoms with Gasteiger partial charge in [0.25, 0.3) is 0 Å². The Labute approximate surface area is 214 Å². The fourth-order valence-corrected chi connectivity index (χ4v) is 4.08. The van der Waals surface area contributed by atoms with Gasteiger partial charge in [0, 0.05) is 30.8 Å². The van der Waals surface area contributed by atoms with E-state index >= 15 is 0 Å². The highest BCUT2D eigenvalue weighted by atomic mass is 19.1. The highest BCUT2D eigenvalue weighted by Gasteiger charge is 2.24. The van der Waals surface area contributed by atoms with Crippen LogP contribution in [-0.4, -0.2) is 29.6 Å². The van der Waals surface area contributed by atoms with Crippen molar-refractivity contribution < 1.29 is 22.7 Å². The molecular weight excluding hydrogens is 476 g/mol. The summed E-state index contributed by atoms with van der Waals surface area (Å²) in [6.07, 6.45) is 3.25. The second-order valence-corrected chi connectivity index (χ2v) is 8.81. The summed E-state index contributed by atoms with van der Waals surface area (Å²) in [5.74, 6) is -1.57. The van der Waals surface area contributed by atoms with Crippen molar-refractivity contribution >= 4 is 5.97 Å². The molecule has 4 rings (SSSR count). The van der Waals surface area contributed by atoms with Crippen LogP contribution in [0.3, 0.4) is 0 Å². The highest BCUT2D eigenvalue weighted by Crippen LogP contribution is 2.20. The molecule has 192 valence electrons. The van der Waals surface area contributed by atoms with Crippen molar-refractivity contribution in [1.82, 2.24) is 10.3 Å². The van der Waals surface area contributed by atoms with Gasteiger partial charge < -0.3 is 20.2 Å². The molecule has 0 aliphatic carbocycles. The van der Waals surface area contributed by atoms with E-state index in [2.05, 4.69) is 29.4 Å². The number of nitrogens with zero attached hydrogens (tertiary/aromatic N) is 1. The van der Waals surface area contributed by atoms with Gasteiger partial charge in [-0.15, -0.1) is 0 Å². The molecule has 2 atom stereocenters. The van der Waals surface area contributed by atoms with Gasteiger partial charge in [-0.25, -0.2) is 18.6 Å². The number of hydrogen-bond acceptors (Lipinski definition) is 6. The molecule has 4 aromatic rings. The van der Waals surface area contributed by atoms with Crippen LogP contribution >= 0.6 is 0 Å². The minimum atomic E-state index is -0.765. The fraction of sp³-hybridized carbons (Fsp3) is 0.241. The monoisotopic (exact) mass is 505 g/mol. The maximum absolute atomic E-state index is 13.7. The summed E-state index contributed by atoms with van der Waals surface area (Å²) in [4.78, 5) is 17.2. The molecule has 0 aliphatic heterocycles. The van der Waals surface area contributed by atoms with E-state index < -0.39 is 29.7 Å². The molecule has 0 saturated carbocycles. The molecule has 0 radical (unpaired) electrons. The lowest BCUT2D eigenvalue weighted by atomic mass is 10.0. The Balaban J connectivity index is 1.49. The molecule has 37 heavy (non-hydrogen) atoms. The summed E-state index contributed by atoms with van der Waals surface area (Å²) in [6, 6.07) is 17.5. The van der Waals surface area contributed by atoms with E-state index in [9.17, 15) is 13.6 Å². The first-order valence-corrected chi connectivity index (χ1v) is 12.1. The minimum absolute atomic E-state index is 0.121. The van der Waals surface area contributed by atoms with E-state index in [1.165, 1.54) is 30.2 Å². The number of hydrogen-bond donors (Lipinski definition) is 2. The van der Waals surface area contributed by atoms with Crippen LogP contribution in [0.2, 0.25) is 0 Å². The van der Waals surface area contributed by atoms with Crippen LogP contribution in [0.4, 0.5) is 8.78 Å². The van der Waals surface area contributed by atoms with Gasteiger partial charge in [-0.1, -0.05) is 37.3 Å². The number of nitrogens with two attached hydrogens (primary N) is 1. The van der Waals surface area contributed by atoms with E-state index in [-0.39, 0.29) is 13.0 Å². The summed E-state index contributed by atoms with van der Waals surface area (Å²) in [6.45, 7) is 2.89. The van der Waals surface area contributed by atoms with Crippen molar-refractivity contribution in [2.75, 3.05) is 6.54 Å². The van der Waals surface area contributed by atoms with E-state index in [4.69, 9.17) is 14.9 Å². The molecular formula is C29H29F2N3O3. The zero-order valence-electron chi connectivity index (χ0n) is 20.5. The molecule has 0 saturated heterocycles. The molecule has 0 amide bonds. The first kappa shape index (κ1) is 26.2. The number of esters is 1. The van der Waals surface area contributed by atoms with Gasteiger partial charge in [0.1, 0.15) is 24.0 Å². The van der Waals surface area contributed by atoms with Crippen LogP contribution in [0.5, 0.6) is 0 Å². The molecule has 1 aromatic heterocycles. The van der Waals surface area contributed by atoms with Crippen molar-refractivity contribution in [1.29, 1.82) is 0 Å². The maximum atomic E-state index is 13.7. The number of carbonyl (C=O) groups is 1. The van der Waals surface area contributed by atoms with Gasteiger partial charge in [0.15, 0.2) is 0 Å². The number of ether oxygens (including phenoxy) is 1. The van der Waals surface area contributed by atoms with Crippen LogP contribution in [0.25, 0.3) is 11.5 Å². The normalized spacial score (nSPS) is 12.8. The van der Waals surface area contributed by atoms with Gasteiger partial charge in [-0.3, -0.25) is 0 Å². The predicted molar refractivity (Wildman–Crippen MR) is 137 cm³/mol. The molecule has 2 unspecified atom stereocenters. The number of aromatic nitrogens is 1. The molecule has 6 nitrogen and oxygen atoms in total. The Bertz CT molecular complexity index is 1310.